The Bertz CT molecular complexity index is 1170. The lowest BCUT2D eigenvalue weighted by Crippen LogP contribution is -1.97. The minimum Gasteiger partial charge on any atom is -0.478 e. The van der Waals surface area contributed by atoms with E-state index in [0.29, 0.717) is 5.82 Å². The molecule has 0 unspecified atom stereocenters. The van der Waals surface area contributed by atoms with Gasteiger partial charge in [0.25, 0.3) is 0 Å². The Kier molecular flexibility index (Phi) is 4.77. The molecule has 0 spiro atoms. The first kappa shape index (κ1) is 17.7. The first-order valence-electron chi connectivity index (χ1n) is 8.23. The van der Waals surface area contributed by atoms with Gasteiger partial charge in [-0.15, -0.1) is 11.3 Å². The number of hydrogen-bond donors (Lipinski definition) is 2. The number of carbonyl (C=O) groups is 1. The van der Waals surface area contributed by atoms with E-state index < -0.39 is 5.97 Å². The number of nitrogens with one attached hydrogen (secondary N) is 1. The van der Waals surface area contributed by atoms with Crippen molar-refractivity contribution in [1.29, 1.82) is 0 Å². The molecule has 8 heteroatoms. The van der Waals surface area contributed by atoms with E-state index in [1.807, 2.05) is 6.07 Å². The molecule has 0 saturated carbocycles. The van der Waals surface area contributed by atoms with E-state index in [1.54, 1.807) is 30.5 Å². The van der Waals surface area contributed by atoms with Gasteiger partial charge >= 0.3 is 5.97 Å². The molecule has 28 heavy (non-hydrogen) atoms. The van der Waals surface area contributed by atoms with Crippen molar-refractivity contribution in [1.82, 2.24) is 9.97 Å². The highest BCUT2D eigenvalue weighted by molar-refractivity contribution is 7.22. The van der Waals surface area contributed by atoms with Crippen LogP contribution in [0.5, 0.6) is 0 Å². The smallest absolute Gasteiger partial charge is 0.335 e. The average Bonchev–Trinajstić information content (AvgIpc) is 3.14. The molecule has 6 nitrogen and oxygen atoms in total. The highest BCUT2D eigenvalue weighted by atomic mass is 32.1. The number of rotatable bonds is 5. The zero-order valence-corrected chi connectivity index (χ0v) is 15.2. The topological polar surface area (TPSA) is 87.5 Å². The van der Waals surface area contributed by atoms with Crippen LogP contribution in [0.4, 0.5) is 10.2 Å². The first-order valence-corrected chi connectivity index (χ1v) is 9.05. The third-order valence-corrected chi connectivity index (χ3v) is 5.16. The lowest BCUT2D eigenvalue weighted by atomic mass is 10.1. The van der Waals surface area contributed by atoms with Crippen LogP contribution in [0.1, 0.15) is 15.9 Å². The van der Waals surface area contributed by atoms with Crippen molar-refractivity contribution in [3.8, 4) is 10.4 Å². The van der Waals surface area contributed by atoms with Crippen molar-refractivity contribution in [2.45, 2.75) is 0 Å². The quantitative estimate of drug-likeness (QED) is 0.382. The van der Waals surface area contributed by atoms with Crippen molar-refractivity contribution < 1.29 is 14.3 Å². The predicted octanol–water partition coefficient (Wildman–Crippen LogP) is 4.64. The maximum atomic E-state index is 13.1. The van der Waals surface area contributed by atoms with Gasteiger partial charge in [-0.25, -0.2) is 19.2 Å². The summed E-state index contributed by atoms with van der Waals surface area (Å²) in [5.41, 5.74) is 5.53. The lowest BCUT2D eigenvalue weighted by Gasteiger charge is -2.00. The van der Waals surface area contributed by atoms with Gasteiger partial charge < -0.3 is 5.11 Å². The van der Waals surface area contributed by atoms with E-state index in [9.17, 15) is 9.18 Å². The van der Waals surface area contributed by atoms with Gasteiger partial charge in [0.1, 0.15) is 12.1 Å². The highest BCUT2D eigenvalue weighted by Crippen LogP contribution is 2.35. The fourth-order valence-corrected chi connectivity index (χ4v) is 3.63. The number of thiophene rings is 1. The Morgan fingerprint density at radius 2 is 1.86 bits per heavy atom. The van der Waals surface area contributed by atoms with Crippen LogP contribution < -0.4 is 5.43 Å². The number of aromatic carboxylic acids is 1. The summed E-state index contributed by atoms with van der Waals surface area (Å²) in [6.07, 6.45) is 3.02. The van der Waals surface area contributed by atoms with E-state index >= 15 is 0 Å². The molecule has 4 rings (SSSR count). The Balaban J connectivity index is 1.57. The largest absolute Gasteiger partial charge is 0.478 e. The number of aromatic nitrogens is 2. The monoisotopic (exact) mass is 392 g/mol. The van der Waals surface area contributed by atoms with Crippen LogP contribution in [0.2, 0.25) is 0 Å². The zero-order chi connectivity index (χ0) is 19.5. The second-order valence-corrected chi connectivity index (χ2v) is 6.90. The number of halogens is 1. The summed E-state index contributed by atoms with van der Waals surface area (Å²) in [5.74, 6) is -0.695. The third kappa shape index (κ3) is 3.72. The maximum absolute atomic E-state index is 13.1. The third-order valence-electron chi connectivity index (χ3n) is 3.98. The second kappa shape index (κ2) is 7.53. The molecule has 0 amide bonds. The standard InChI is InChI=1S/C20H13FN4O2S/c21-15-7-5-13(6-8-15)17-9-16-18(28-17)19(23-11-22-16)25-24-10-12-1-3-14(4-2-12)20(26)27/h1-11H,(H,26,27)(H,22,23,25)/b24-10-. The fourth-order valence-electron chi connectivity index (χ4n) is 2.57. The van der Waals surface area contributed by atoms with Gasteiger partial charge in [-0.05, 0) is 41.5 Å². The minimum absolute atomic E-state index is 0.217. The molecule has 0 bridgehead atoms. The first-order chi connectivity index (χ1) is 13.6. The lowest BCUT2D eigenvalue weighted by molar-refractivity contribution is 0.0697. The number of nitrogens with zero attached hydrogens (tertiary/aromatic N) is 3. The molecule has 138 valence electrons. The van der Waals surface area contributed by atoms with Crippen LogP contribution in [0.15, 0.2) is 66.0 Å². The Labute approximate surface area is 163 Å². The van der Waals surface area contributed by atoms with E-state index in [4.69, 9.17) is 5.11 Å². The van der Waals surface area contributed by atoms with Crippen molar-refractivity contribution in [2.75, 3.05) is 5.43 Å². The van der Waals surface area contributed by atoms with Gasteiger partial charge in [0, 0.05) is 4.88 Å². The summed E-state index contributed by atoms with van der Waals surface area (Å²) >= 11 is 1.49. The van der Waals surface area contributed by atoms with Gasteiger partial charge in [0.15, 0.2) is 5.82 Å². The van der Waals surface area contributed by atoms with Gasteiger partial charge in [0.2, 0.25) is 0 Å². The van der Waals surface area contributed by atoms with Crippen LogP contribution >= 0.6 is 11.3 Å². The molecule has 0 aliphatic rings. The Morgan fingerprint density at radius 3 is 2.57 bits per heavy atom. The van der Waals surface area contributed by atoms with Crippen LogP contribution in [0, 0.1) is 5.82 Å². The molecule has 2 heterocycles. The van der Waals surface area contributed by atoms with E-state index in [-0.39, 0.29) is 11.4 Å². The number of fused-ring (bicyclic) bond motifs is 1. The molecule has 0 radical (unpaired) electrons. The van der Waals surface area contributed by atoms with Crippen LogP contribution in [-0.4, -0.2) is 27.3 Å². The molecule has 0 saturated heterocycles. The maximum Gasteiger partial charge on any atom is 0.335 e. The minimum atomic E-state index is -0.973. The van der Waals surface area contributed by atoms with Gasteiger partial charge in [-0.2, -0.15) is 5.10 Å². The van der Waals surface area contributed by atoms with Crippen molar-refractivity contribution in [2.24, 2.45) is 5.10 Å². The second-order valence-electron chi connectivity index (χ2n) is 5.85. The molecule has 0 atom stereocenters. The van der Waals surface area contributed by atoms with Crippen molar-refractivity contribution >= 4 is 39.6 Å². The molecule has 0 fully saturated rings. The van der Waals surface area contributed by atoms with Crippen molar-refractivity contribution in [3.63, 3.8) is 0 Å². The zero-order valence-electron chi connectivity index (χ0n) is 14.3. The summed E-state index contributed by atoms with van der Waals surface area (Å²) in [4.78, 5) is 20.3. The number of carboxylic acid groups (broad SMARTS) is 1. The number of benzene rings is 2. The Morgan fingerprint density at radius 1 is 1.11 bits per heavy atom. The SMILES string of the molecule is O=C(O)c1ccc(/C=N\Nc2ncnc3cc(-c4ccc(F)cc4)sc23)cc1. The van der Waals surface area contributed by atoms with Crippen LogP contribution in [-0.2, 0) is 0 Å². The average molecular weight is 392 g/mol. The van der Waals surface area contributed by atoms with Crippen molar-refractivity contribution in [3.05, 3.63) is 77.9 Å². The molecular weight excluding hydrogens is 379 g/mol. The number of hydrazone groups is 1. The van der Waals surface area contributed by atoms with E-state index in [2.05, 4.69) is 20.5 Å². The van der Waals surface area contributed by atoms with Gasteiger partial charge in [-0.3, -0.25) is 5.43 Å². The summed E-state index contributed by atoms with van der Waals surface area (Å²) in [6.45, 7) is 0. The number of carboxylic acids is 1. The summed E-state index contributed by atoms with van der Waals surface area (Å²) < 4.78 is 14.0. The van der Waals surface area contributed by atoms with E-state index in [0.717, 1.165) is 26.2 Å². The molecular formula is C20H13FN4O2S. The molecule has 2 aromatic carbocycles. The molecule has 0 aliphatic heterocycles. The number of hydrogen-bond acceptors (Lipinski definition) is 6. The summed E-state index contributed by atoms with van der Waals surface area (Å²) in [7, 11) is 0. The Hall–Kier alpha value is -3.65. The molecule has 2 N–H and O–H groups in total. The van der Waals surface area contributed by atoms with Gasteiger partial charge in [0.05, 0.1) is 22.0 Å². The van der Waals surface area contributed by atoms with Crippen LogP contribution in [0.25, 0.3) is 20.7 Å². The van der Waals surface area contributed by atoms with E-state index in [1.165, 1.54) is 41.9 Å². The normalized spacial score (nSPS) is 11.2. The van der Waals surface area contributed by atoms with Crippen LogP contribution in [0.3, 0.4) is 0 Å². The summed E-state index contributed by atoms with van der Waals surface area (Å²) in [6, 6.07) is 14.6. The van der Waals surface area contributed by atoms with Gasteiger partial charge in [-0.1, -0.05) is 24.3 Å². The molecule has 2 aromatic heterocycles. The molecule has 4 aromatic rings. The highest BCUT2D eigenvalue weighted by Gasteiger charge is 2.10. The summed E-state index contributed by atoms with van der Waals surface area (Å²) in [5, 5.41) is 13.1. The number of anilines is 1. The fraction of sp³-hybridized carbons (Fsp3) is 0. The molecule has 0 aliphatic carbocycles. The predicted molar refractivity (Wildman–Crippen MR) is 107 cm³/mol.